The summed E-state index contributed by atoms with van der Waals surface area (Å²) in [4.78, 5) is 25.1. The summed E-state index contributed by atoms with van der Waals surface area (Å²) < 4.78 is 9.80. The molecule has 0 aromatic carbocycles. The highest BCUT2D eigenvalue weighted by Gasteiger charge is 2.26. The van der Waals surface area contributed by atoms with Crippen LogP contribution in [-0.4, -0.2) is 56.2 Å². The minimum atomic E-state index is -0.601. The Bertz CT molecular complexity index is 284. The van der Waals surface area contributed by atoms with Gasteiger partial charge < -0.3 is 20.1 Å². The molecule has 0 heterocycles. The second-order valence-electron chi connectivity index (χ2n) is 4.47. The Morgan fingerprint density at radius 3 is 2.42 bits per heavy atom. The van der Waals surface area contributed by atoms with Crippen molar-refractivity contribution >= 4 is 11.9 Å². The molecule has 0 aliphatic rings. The molecule has 2 atom stereocenters. The summed E-state index contributed by atoms with van der Waals surface area (Å²) in [6, 6.07) is -0.601. The monoisotopic (exact) mass is 274 g/mol. The fourth-order valence-electron chi connectivity index (χ4n) is 1.54. The van der Waals surface area contributed by atoms with Crippen molar-refractivity contribution in [1.29, 1.82) is 0 Å². The van der Waals surface area contributed by atoms with E-state index in [0.717, 1.165) is 6.42 Å². The molecule has 0 saturated heterocycles. The zero-order chi connectivity index (χ0) is 14.8. The molecule has 1 unspecified atom stereocenters. The molecule has 0 fully saturated rings. The molecule has 0 spiro atoms. The number of ether oxygens (including phenoxy) is 2. The smallest absolute Gasteiger partial charge is 0.325 e. The minimum Gasteiger partial charge on any atom is -0.465 e. The van der Waals surface area contributed by atoms with Crippen molar-refractivity contribution in [2.75, 3.05) is 33.4 Å². The molecular weight excluding hydrogens is 248 g/mol. The molecule has 6 heteroatoms. The predicted molar refractivity (Wildman–Crippen MR) is 72.5 cm³/mol. The minimum absolute atomic E-state index is 0.0692. The van der Waals surface area contributed by atoms with Gasteiger partial charge in [-0.2, -0.15) is 0 Å². The summed E-state index contributed by atoms with van der Waals surface area (Å²) in [5, 5.41) is 0. The number of amides is 1. The lowest BCUT2D eigenvalue weighted by molar-refractivity contribution is -0.150. The summed E-state index contributed by atoms with van der Waals surface area (Å²) in [5.74, 6) is -0.595. The molecule has 0 radical (unpaired) electrons. The Morgan fingerprint density at radius 1 is 1.32 bits per heavy atom. The average molecular weight is 274 g/mol. The summed E-state index contributed by atoms with van der Waals surface area (Å²) in [6.45, 7) is 6.52. The molecule has 0 aliphatic carbocycles. The van der Waals surface area contributed by atoms with Crippen LogP contribution in [-0.2, 0) is 19.1 Å². The van der Waals surface area contributed by atoms with Gasteiger partial charge in [0.2, 0.25) is 5.91 Å². The van der Waals surface area contributed by atoms with Gasteiger partial charge in [-0.3, -0.25) is 9.59 Å². The van der Waals surface area contributed by atoms with Crippen LogP contribution in [0.2, 0.25) is 0 Å². The van der Waals surface area contributed by atoms with Gasteiger partial charge in [0, 0.05) is 13.7 Å². The van der Waals surface area contributed by atoms with Gasteiger partial charge in [0.1, 0.15) is 6.54 Å². The number of nitrogens with zero attached hydrogens (tertiary/aromatic N) is 1. The Balaban J connectivity index is 4.63. The topological polar surface area (TPSA) is 81.9 Å². The summed E-state index contributed by atoms with van der Waals surface area (Å²) in [7, 11) is 1.54. The van der Waals surface area contributed by atoms with Crippen molar-refractivity contribution in [1.82, 2.24) is 4.90 Å². The summed E-state index contributed by atoms with van der Waals surface area (Å²) >= 11 is 0. The van der Waals surface area contributed by atoms with Crippen LogP contribution in [0.1, 0.15) is 27.2 Å². The Hall–Kier alpha value is -1.14. The Morgan fingerprint density at radius 2 is 1.95 bits per heavy atom. The van der Waals surface area contributed by atoms with E-state index >= 15 is 0 Å². The van der Waals surface area contributed by atoms with E-state index in [1.807, 2.05) is 13.8 Å². The van der Waals surface area contributed by atoms with Gasteiger partial charge in [-0.1, -0.05) is 20.3 Å². The molecule has 0 rings (SSSR count). The largest absolute Gasteiger partial charge is 0.465 e. The molecule has 0 saturated carbocycles. The fraction of sp³-hybridized carbons (Fsp3) is 0.846. The predicted octanol–water partition coefficient (Wildman–Crippen LogP) is 0.398. The van der Waals surface area contributed by atoms with Gasteiger partial charge in [-0.05, 0) is 12.8 Å². The Labute approximate surface area is 115 Å². The summed E-state index contributed by atoms with van der Waals surface area (Å²) in [6.07, 6.45) is 0.810. The van der Waals surface area contributed by atoms with Crippen LogP contribution < -0.4 is 5.73 Å². The second-order valence-corrected chi connectivity index (χ2v) is 4.47. The second kappa shape index (κ2) is 9.75. The fourth-order valence-corrected chi connectivity index (χ4v) is 1.54. The molecule has 6 nitrogen and oxygen atoms in total. The lowest BCUT2D eigenvalue weighted by Gasteiger charge is -2.27. The van der Waals surface area contributed by atoms with Crippen LogP contribution in [0, 0.1) is 5.92 Å². The lowest BCUT2D eigenvalue weighted by atomic mass is 9.99. The third-order valence-corrected chi connectivity index (χ3v) is 3.04. The molecule has 1 amide bonds. The van der Waals surface area contributed by atoms with Crippen LogP contribution >= 0.6 is 0 Å². The molecule has 0 aromatic heterocycles. The number of carbonyl (C=O) groups is 2. The third-order valence-electron chi connectivity index (χ3n) is 3.04. The van der Waals surface area contributed by atoms with Gasteiger partial charge in [-0.25, -0.2) is 0 Å². The van der Waals surface area contributed by atoms with E-state index < -0.39 is 12.0 Å². The van der Waals surface area contributed by atoms with E-state index in [0.29, 0.717) is 19.8 Å². The Kier molecular flexibility index (Phi) is 9.16. The van der Waals surface area contributed by atoms with Gasteiger partial charge in [0.05, 0.1) is 19.3 Å². The number of hydrogen-bond donors (Lipinski definition) is 1. The number of carbonyl (C=O) groups excluding carboxylic acids is 2. The molecule has 0 aliphatic heterocycles. The standard InChI is InChI=1S/C13H26N2O4/c1-5-10(3)12(14)13(17)15(7-8-18-4)9-11(16)19-6-2/h10,12H,5-9,14H2,1-4H3/t10?,12-/m0/s1. The van der Waals surface area contributed by atoms with Crippen molar-refractivity contribution in [3.8, 4) is 0 Å². The van der Waals surface area contributed by atoms with Crippen molar-refractivity contribution < 1.29 is 19.1 Å². The average Bonchev–Trinajstić information content (AvgIpc) is 2.41. The zero-order valence-electron chi connectivity index (χ0n) is 12.3. The van der Waals surface area contributed by atoms with Gasteiger partial charge in [-0.15, -0.1) is 0 Å². The van der Waals surface area contributed by atoms with E-state index in [-0.39, 0.29) is 18.4 Å². The first-order valence-electron chi connectivity index (χ1n) is 6.66. The maximum atomic E-state index is 12.2. The van der Waals surface area contributed by atoms with Crippen LogP contribution in [0.15, 0.2) is 0 Å². The number of nitrogens with two attached hydrogens (primary N) is 1. The highest BCUT2D eigenvalue weighted by molar-refractivity contribution is 5.85. The summed E-state index contributed by atoms with van der Waals surface area (Å²) in [5.41, 5.74) is 5.91. The van der Waals surface area contributed by atoms with Gasteiger partial charge in [0.15, 0.2) is 0 Å². The normalized spacial score (nSPS) is 13.7. The van der Waals surface area contributed by atoms with E-state index in [9.17, 15) is 9.59 Å². The number of esters is 1. The van der Waals surface area contributed by atoms with Gasteiger partial charge >= 0.3 is 5.97 Å². The zero-order valence-corrected chi connectivity index (χ0v) is 12.3. The molecular formula is C13H26N2O4. The highest BCUT2D eigenvalue weighted by atomic mass is 16.5. The van der Waals surface area contributed by atoms with Crippen molar-refractivity contribution in [3.05, 3.63) is 0 Å². The number of methoxy groups -OCH3 is 1. The first-order valence-corrected chi connectivity index (χ1v) is 6.66. The first-order chi connectivity index (χ1) is 8.97. The third kappa shape index (κ3) is 6.54. The number of hydrogen-bond acceptors (Lipinski definition) is 5. The highest BCUT2D eigenvalue weighted by Crippen LogP contribution is 2.08. The first kappa shape index (κ1) is 17.9. The van der Waals surface area contributed by atoms with Crippen molar-refractivity contribution in [3.63, 3.8) is 0 Å². The van der Waals surface area contributed by atoms with Crippen LogP contribution in [0.25, 0.3) is 0 Å². The van der Waals surface area contributed by atoms with E-state index in [1.165, 1.54) is 4.90 Å². The molecule has 19 heavy (non-hydrogen) atoms. The maximum Gasteiger partial charge on any atom is 0.325 e. The van der Waals surface area contributed by atoms with Gasteiger partial charge in [0.25, 0.3) is 0 Å². The van der Waals surface area contributed by atoms with Crippen LogP contribution in [0.4, 0.5) is 0 Å². The number of rotatable bonds is 9. The maximum absolute atomic E-state index is 12.2. The van der Waals surface area contributed by atoms with E-state index in [1.54, 1.807) is 14.0 Å². The SMILES string of the molecule is CCOC(=O)CN(CCOC)C(=O)[C@@H](N)C(C)CC. The molecule has 0 aromatic rings. The lowest BCUT2D eigenvalue weighted by Crippen LogP contribution is -2.49. The quantitative estimate of drug-likeness (QED) is 0.615. The van der Waals surface area contributed by atoms with E-state index in [2.05, 4.69) is 0 Å². The van der Waals surface area contributed by atoms with Crippen LogP contribution in [0.3, 0.4) is 0 Å². The van der Waals surface area contributed by atoms with Crippen LogP contribution in [0.5, 0.6) is 0 Å². The molecule has 0 bridgehead atoms. The van der Waals surface area contributed by atoms with E-state index in [4.69, 9.17) is 15.2 Å². The molecule has 2 N–H and O–H groups in total. The molecule has 112 valence electrons. The van der Waals surface area contributed by atoms with Crippen molar-refractivity contribution in [2.24, 2.45) is 11.7 Å². The van der Waals surface area contributed by atoms with Crippen molar-refractivity contribution in [2.45, 2.75) is 33.2 Å².